The minimum absolute atomic E-state index is 0.122. The van der Waals surface area contributed by atoms with Crippen LogP contribution in [0.2, 0.25) is 0 Å². The van der Waals surface area contributed by atoms with E-state index in [1.807, 2.05) is 17.5 Å². The van der Waals surface area contributed by atoms with Crippen LogP contribution in [0.25, 0.3) is 0 Å². The molecule has 8 nitrogen and oxygen atoms in total. The number of aromatic nitrogens is 2. The van der Waals surface area contributed by atoms with E-state index in [1.54, 1.807) is 11.3 Å². The standard InChI is InChI=1S/C12H16N6O2S/c1-12(2,9-4-3-5-21-9)7-15-10-8(18(19)20)6-14-11(16-10)17-13/h3-6H,7,13H2,1-2H3,(H2,14,15,16,17). The Balaban J connectivity index is 2.21. The molecule has 0 spiro atoms. The summed E-state index contributed by atoms with van der Waals surface area (Å²) >= 11 is 1.64. The predicted octanol–water partition coefficient (Wildman–Crippen LogP) is 2.12. The Morgan fingerprint density at radius 2 is 2.29 bits per heavy atom. The second-order valence-corrected chi connectivity index (χ2v) is 5.99. The van der Waals surface area contributed by atoms with E-state index in [4.69, 9.17) is 5.84 Å². The Labute approximate surface area is 125 Å². The maximum absolute atomic E-state index is 11.0. The summed E-state index contributed by atoms with van der Waals surface area (Å²) in [7, 11) is 0. The van der Waals surface area contributed by atoms with Crippen LogP contribution in [0.5, 0.6) is 0 Å². The van der Waals surface area contributed by atoms with Crippen LogP contribution in [0, 0.1) is 10.1 Å². The number of hydrogen-bond donors (Lipinski definition) is 3. The number of nitrogens with one attached hydrogen (secondary N) is 2. The Hall–Kier alpha value is -2.26. The van der Waals surface area contributed by atoms with Gasteiger partial charge in [-0.3, -0.25) is 15.5 Å². The van der Waals surface area contributed by atoms with E-state index >= 15 is 0 Å². The minimum Gasteiger partial charge on any atom is -0.363 e. The van der Waals surface area contributed by atoms with Gasteiger partial charge in [0.1, 0.15) is 6.20 Å². The molecule has 2 aromatic rings. The van der Waals surface area contributed by atoms with Crippen molar-refractivity contribution in [3.05, 3.63) is 38.7 Å². The molecule has 0 saturated carbocycles. The first-order valence-electron chi connectivity index (χ1n) is 6.20. The second-order valence-electron chi connectivity index (χ2n) is 5.04. The van der Waals surface area contributed by atoms with E-state index in [1.165, 1.54) is 4.88 Å². The first kappa shape index (κ1) is 15.1. The van der Waals surface area contributed by atoms with E-state index in [-0.39, 0.29) is 22.9 Å². The van der Waals surface area contributed by atoms with E-state index in [0.29, 0.717) is 6.54 Å². The van der Waals surface area contributed by atoms with E-state index in [9.17, 15) is 10.1 Å². The molecule has 0 aliphatic carbocycles. The van der Waals surface area contributed by atoms with Gasteiger partial charge in [0.25, 0.3) is 0 Å². The molecule has 0 atom stereocenters. The predicted molar refractivity (Wildman–Crippen MR) is 82.3 cm³/mol. The molecule has 21 heavy (non-hydrogen) atoms. The molecule has 2 rings (SSSR count). The molecule has 9 heteroatoms. The molecular formula is C12H16N6O2S. The van der Waals surface area contributed by atoms with Gasteiger partial charge < -0.3 is 5.32 Å². The molecule has 4 N–H and O–H groups in total. The summed E-state index contributed by atoms with van der Waals surface area (Å²) in [5, 5.41) is 16.0. The number of anilines is 2. The molecular weight excluding hydrogens is 292 g/mol. The summed E-state index contributed by atoms with van der Waals surface area (Å²) in [6.07, 6.45) is 1.13. The fourth-order valence-corrected chi connectivity index (χ4v) is 2.62. The van der Waals surface area contributed by atoms with Gasteiger partial charge in [-0.2, -0.15) is 4.98 Å². The van der Waals surface area contributed by atoms with Gasteiger partial charge in [-0.25, -0.2) is 10.8 Å². The number of hydrazine groups is 1. The van der Waals surface area contributed by atoms with Crippen molar-refractivity contribution in [3.63, 3.8) is 0 Å². The SMILES string of the molecule is CC(C)(CNc1nc(NN)ncc1[N+](=O)[O-])c1cccs1. The molecule has 0 aliphatic heterocycles. The van der Waals surface area contributed by atoms with Crippen molar-refractivity contribution in [2.24, 2.45) is 5.84 Å². The van der Waals surface area contributed by atoms with Crippen molar-refractivity contribution in [1.82, 2.24) is 9.97 Å². The van der Waals surface area contributed by atoms with Gasteiger partial charge in [0.15, 0.2) is 0 Å². The quantitative estimate of drug-likeness (QED) is 0.425. The lowest BCUT2D eigenvalue weighted by molar-refractivity contribution is -0.384. The van der Waals surface area contributed by atoms with Gasteiger partial charge >= 0.3 is 5.69 Å². The van der Waals surface area contributed by atoms with Gasteiger partial charge in [-0.05, 0) is 11.4 Å². The lowest BCUT2D eigenvalue weighted by Crippen LogP contribution is -2.27. The van der Waals surface area contributed by atoms with Gasteiger partial charge in [0.2, 0.25) is 11.8 Å². The van der Waals surface area contributed by atoms with Crippen molar-refractivity contribution in [1.29, 1.82) is 0 Å². The van der Waals surface area contributed by atoms with Crippen LogP contribution in [0.4, 0.5) is 17.5 Å². The Kier molecular flexibility index (Phi) is 4.34. The highest BCUT2D eigenvalue weighted by Gasteiger charge is 2.24. The first-order valence-corrected chi connectivity index (χ1v) is 7.08. The molecule has 0 aliphatic rings. The van der Waals surface area contributed by atoms with Crippen LogP contribution in [0.3, 0.4) is 0 Å². The zero-order valence-electron chi connectivity index (χ0n) is 11.7. The van der Waals surface area contributed by atoms with E-state index in [0.717, 1.165) is 6.20 Å². The molecule has 0 unspecified atom stereocenters. The van der Waals surface area contributed by atoms with Crippen molar-refractivity contribution in [2.45, 2.75) is 19.3 Å². The number of nitro groups is 1. The van der Waals surface area contributed by atoms with E-state index < -0.39 is 4.92 Å². The monoisotopic (exact) mass is 308 g/mol. The molecule has 0 amide bonds. The number of nitrogens with zero attached hydrogens (tertiary/aromatic N) is 3. The lowest BCUT2D eigenvalue weighted by Gasteiger charge is -2.23. The van der Waals surface area contributed by atoms with Crippen LogP contribution >= 0.6 is 11.3 Å². The molecule has 0 saturated heterocycles. The maximum atomic E-state index is 11.0. The van der Waals surface area contributed by atoms with Crippen LogP contribution in [0.1, 0.15) is 18.7 Å². The Morgan fingerprint density at radius 1 is 1.52 bits per heavy atom. The molecule has 112 valence electrons. The van der Waals surface area contributed by atoms with Gasteiger partial charge in [0.05, 0.1) is 4.92 Å². The number of nitrogen functional groups attached to an aromatic ring is 1. The zero-order valence-corrected chi connectivity index (χ0v) is 12.5. The van der Waals surface area contributed by atoms with Gasteiger partial charge in [-0.15, -0.1) is 11.3 Å². The van der Waals surface area contributed by atoms with Crippen LogP contribution in [0.15, 0.2) is 23.7 Å². The lowest BCUT2D eigenvalue weighted by atomic mass is 9.91. The highest BCUT2D eigenvalue weighted by molar-refractivity contribution is 7.10. The number of hydrogen-bond acceptors (Lipinski definition) is 8. The normalized spacial score (nSPS) is 11.2. The van der Waals surface area contributed by atoms with Crippen LogP contribution in [-0.2, 0) is 5.41 Å². The van der Waals surface area contributed by atoms with E-state index in [2.05, 4.69) is 34.6 Å². The summed E-state index contributed by atoms with van der Waals surface area (Å²) in [6.45, 7) is 4.61. The fraction of sp³-hybridized carbons (Fsp3) is 0.333. The summed E-state index contributed by atoms with van der Waals surface area (Å²) < 4.78 is 0. The molecule has 2 aromatic heterocycles. The average molecular weight is 308 g/mol. The summed E-state index contributed by atoms with van der Waals surface area (Å²) in [4.78, 5) is 19.4. The Bertz CT molecular complexity index is 629. The minimum atomic E-state index is -0.527. The second kappa shape index (κ2) is 6.02. The largest absolute Gasteiger partial charge is 0.363 e. The smallest absolute Gasteiger partial charge is 0.329 e. The molecule has 0 fully saturated rings. The average Bonchev–Trinajstić information content (AvgIpc) is 2.99. The summed E-state index contributed by atoms with van der Waals surface area (Å²) in [5.41, 5.74) is 1.91. The topological polar surface area (TPSA) is 119 Å². The Morgan fingerprint density at radius 3 is 2.86 bits per heavy atom. The summed E-state index contributed by atoms with van der Waals surface area (Å²) in [6, 6.07) is 4.01. The third-order valence-electron chi connectivity index (χ3n) is 2.98. The highest BCUT2D eigenvalue weighted by Crippen LogP contribution is 2.29. The number of nitrogens with two attached hydrogens (primary N) is 1. The van der Waals surface area contributed by atoms with Crippen molar-refractivity contribution in [3.8, 4) is 0 Å². The van der Waals surface area contributed by atoms with Crippen molar-refractivity contribution >= 4 is 28.8 Å². The first-order chi connectivity index (χ1) is 9.94. The van der Waals surface area contributed by atoms with Gasteiger partial charge in [0, 0.05) is 16.8 Å². The zero-order chi connectivity index (χ0) is 15.5. The molecule has 0 bridgehead atoms. The third kappa shape index (κ3) is 3.44. The van der Waals surface area contributed by atoms with Crippen molar-refractivity contribution < 1.29 is 4.92 Å². The maximum Gasteiger partial charge on any atom is 0.329 e. The van der Waals surface area contributed by atoms with Crippen LogP contribution < -0.4 is 16.6 Å². The van der Waals surface area contributed by atoms with Gasteiger partial charge in [-0.1, -0.05) is 19.9 Å². The molecule has 0 aromatic carbocycles. The highest BCUT2D eigenvalue weighted by atomic mass is 32.1. The summed E-state index contributed by atoms with van der Waals surface area (Å²) in [5.74, 6) is 5.50. The fourth-order valence-electron chi connectivity index (χ4n) is 1.76. The van der Waals surface area contributed by atoms with Crippen molar-refractivity contribution in [2.75, 3.05) is 17.3 Å². The van der Waals surface area contributed by atoms with Crippen LogP contribution in [-0.4, -0.2) is 21.4 Å². The third-order valence-corrected chi connectivity index (χ3v) is 4.22. The molecule has 0 radical (unpaired) electrons. The number of rotatable bonds is 6. The number of thiophene rings is 1. The molecule has 2 heterocycles.